The van der Waals surface area contributed by atoms with E-state index >= 15 is 0 Å². The molecule has 11 heteroatoms. The summed E-state index contributed by atoms with van der Waals surface area (Å²) in [4.78, 5) is 11.4. The van der Waals surface area contributed by atoms with Gasteiger partial charge in [-0.25, -0.2) is 13.6 Å². The number of nitrogens with two attached hydrogens (primary N) is 1. The number of rotatable bonds is 9. The third-order valence-corrected chi connectivity index (χ3v) is 5.38. The predicted octanol–water partition coefficient (Wildman–Crippen LogP) is 1.82. The molecule has 0 aliphatic rings. The number of aromatic nitrogens is 4. The zero-order chi connectivity index (χ0) is 22.6. The largest absolute Gasteiger partial charge is 0.481 e. The Morgan fingerprint density at radius 3 is 2.71 bits per heavy atom. The van der Waals surface area contributed by atoms with E-state index in [1.807, 2.05) is 32.0 Å². The highest BCUT2D eigenvalue weighted by Gasteiger charge is 2.16. The second-order valence-electron chi connectivity index (χ2n) is 7.19. The van der Waals surface area contributed by atoms with Crippen molar-refractivity contribution in [3.8, 4) is 17.0 Å². The van der Waals surface area contributed by atoms with E-state index in [4.69, 9.17) is 9.88 Å². The van der Waals surface area contributed by atoms with Gasteiger partial charge >= 0.3 is 5.97 Å². The molecule has 0 saturated carbocycles. The first kappa shape index (κ1) is 22.4. The number of primary sulfonamides is 1. The van der Waals surface area contributed by atoms with E-state index in [0.717, 1.165) is 16.7 Å². The highest BCUT2D eigenvalue weighted by atomic mass is 32.2. The number of sulfonamides is 1. The summed E-state index contributed by atoms with van der Waals surface area (Å²) < 4.78 is 29.6. The van der Waals surface area contributed by atoms with E-state index in [1.165, 1.54) is 16.9 Å². The average molecular weight is 446 g/mol. The second kappa shape index (κ2) is 9.23. The summed E-state index contributed by atoms with van der Waals surface area (Å²) >= 11 is 0. The molecule has 10 nitrogen and oxygen atoms in total. The summed E-state index contributed by atoms with van der Waals surface area (Å²) in [6.45, 7) is 4.47. The topological polar surface area (TPSA) is 150 Å². The molecule has 0 aliphatic heterocycles. The number of carboxylic acid groups (broad SMARTS) is 1. The molecule has 0 bridgehead atoms. The fourth-order valence-corrected chi connectivity index (χ4v) is 3.66. The van der Waals surface area contributed by atoms with E-state index in [0.29, 0.717) is 5.56 Å². The van der Waals surface area contributed by atoms with Gasteiger partial charge in [-0.3, -0.25) is 9.48 Å². The van der Waals surface area contributed by atoms with E-state index < -0.39 is 16.0 Å². The van der Waals surface area contributed by atoms with Crippen LogP contribution in [0, 0.1) is 0 Å². The van der Waals surface area contributed by atoms with E-state index in [9.17, 15) is 18.3 Å². The van der Waals surface area contributed by atoms with Gasteiger partial charge in [-0.1, -0.05) is 32.0 Å². The fraction of sp³-hybridized carbons (Fsp3) is 0.300. The minimum absolute atomic E-state index is 0.103. The number of ether oxygens (including phenoxy) is 1. The Labute approximate surface area is 179 Å². The van der Waals surface area contributed by atoms with Gasteiger partial charge in [-0.15, -0.1) is 5.10 Å². The maximum absolute atomic E-state index is 11.4. The van der Waals surface area contributed by atoms with Crippen LogP contribution in [0.1, 0.15) is 30.9 Å². The van der Waals surface area contributed by atoms with Crippen molar-refractivity contribution in [3.63, 3.8) is 0 Å². The molecule has 0 aliphatic carbocycles. The van der Waals surface area contributed by atoms with Crippen molar-refractivity contribution in [2.45, 2.75) is 37.8 Å². The Morgan fingerprint density at radius 1 is 1.29 bits per heavy atom. The minimum atomic E-state index is -3.85. The molecule has 2 heterocycles. The smallest absolute Gasteiger partial charge is 0.307 e. The molecule has 2 aromatic heterocycles. The monoisotopic (exact) mass is 445 g/mol. The normalized spacial score (nSPS) is 11.6. The third kappa shape index (κ3) is 5.64. The fourth-order valence-electron chi connectivity index (χ4n) is 3.19. The first-order valence-corrected chi connectivity index (χ1v) is 11.1. The van der Waals surface area contributed by atoms with Crippen molar-refractivity contribution in [1.82, 2.24) is 20.0 Å². The van der Waals surface area contributed by atoms with Crippen LogP contribution in [-0.4, -0.2) is 46.1 Å². The van der Waals surface area contributed by atoms with Gasteiger partial charge in [0.15, 0.2) is 5.03 Å². The summed E-state index contributed by atoms with van der Waals surface area (Å²) in [7, 11) is -3.85. The number of hydrogen-bond donors (Lipinski definition) is 2. The summed E-state index contributed by atoms with van der Waals surface area (Å²) in [6, 6.07) is 8.66. The van der Waals surface area contributed by atoms with Crippen LogP contribution < -0.4 is 9.88 Å². The Balaban J connectivity index is 1.78. The lowest BCUT2D eigenvalue weighted by atomic mass is 9.89. The van der Waals surface area contributed by atoms with Crippen LogP contribution in [0.5, 0.6) is 5.88 Å². The summed E-state index contributed by atoms with van der Waals surface area (Å²) in [5.41, 5.74) is 3.15. The molecule has 0 radical (unpaired) electrons. The Kier molecular flexibility index (Phi) is 6.66. The molecule has 0 amide bonds. The van der Waals surface area contributed by atoms with Crippen molar-refractivity contribution >= 4 is 16.0 Å². The number of benzene rings is 1. The standard InChI is InChI=1S/C20H23N5O5S/c1-13(2)15-4-3-5-16(17(15)11-20(26)27)14-10-18(23-22-12-14)30-9-8-25-7-6-19(24-25)31(21,28)29/h3-7,10,12-13H,8-9,11H2,1-2H3,(H,26,27)(H2,21,28,29). The quantitative estimate of drug-likeness (QED) is 0.506. The van der Waals surface area contributed by atoms with Gasteiger partial charge in [-0.2, -0.15) is 10.2 Å². The number of aliphatic carboxylic acids is 1. The van der Waals surface area contributed by atoms with Crippen LogP contribution in [0.25, 0.3) is 11.1 Å². The minimum Gasteiger partial charge on any atom is -0.481 e. The Bertz CT molecular complexity index is 1190. The molecular formula is C20H23N5O5S. The first-order valence-electron chi connectivity index (χ1n) is 9.51. The van der Waals surface area contributed by atoms with Crippen LogP contribution in [0.2, 0.25) is 0 Å². The van der Waals surface area contributed by atoms with Gasteiger partial charge in [0.2, 0.25) is 5.88 Å². The van der Waals surface area contributed by atoms with Crippen LogP contribution in [0.3, 0.4) is 0 Å². The molecule has 0 spiro atoms. The second-order valence-corrected chi connectivity index (χ2v) is 8.70. The summed E-state index contributed by atoms with van der Waals surface area (Å²) in [5, 5.41) is 26.0. The molecule has 0 atom stereocenters. The maximum atomic E-state index is 11.4. The third-order valence-electron chi connectivity index (χ3n) is 4.58. The lowest BCUT2D eigenvalue weighted by molar-refractivity contribution is -0.136. The number of carbonyl (C=O) groups is 1. The molecule has 3 N–H and O–H groups in total. The molecule has 3 aromatic rings. The molecule has 164 valence electrons. The highest BCUT2D eigenvalue weighted by molar-refractivity contribution is 7.89. The lowest BCUT2D eigenvalue weighted by Crippen LogP contribution is -2.15. The Hall–Kier alpha value is -3.31. The number of hydrogen-bond acceptors (Lipinski definition) is 7. The van der Waals surface area contributed by atoms with Crippen LogP contribution in [-0.2, 0) is 27.8 Å². The van der Waals surface area contributed by atoms with Crippen molar-refractivity contribution in [2.75, 3.05) is 6.61 Å². The van der Waals surface area contributed by atoms with Crippen molar-refractivity contribution < 1.29 is 23.1 Å². The number of carboxylic acids is 1. The van der Waals surface area contributed by atoms with E-state index in [-0.39, 0.29) is 36.4 Å². The van der Waals surface area contributed by atoms with E-state index in [1.54, 1.807) is 12.3 Å². The molecule has 31 heavy (non-hydrogen) atoms. The molecule has 1 aromatic carbocycles. The van der Waals surface area contributed by atoms with Crippen LogP contribution in [0.15, 0.2) is 47.8 Å². The molecule has 0 fully saturated rings. The van der Waals surface area contributed by atoms with Gasteiger partial charge in [0.05, 0.1) is 19.2 Å². The lowest BCUT2D eigenvalue weighted by Gasteiger charge is -2.16. The molecular weight excluding hydrogens is 422 g/mol. The highest BCUT2D eigenvalue weighted by Crippen LogP contribution is 2.31. The van der Waals surface area contributed by atoms with Gasteiger partial charge in [0.1, 0.15) is 6.61 Å². The van der Waals surface area contributed by atoms with Crippen molar-refractivity contribution in [2.24, 2.45) is 5.14 Å². The first-order chi connectivity index (χ1) is 14.6. The van der Waals surface area contributed by atoms with Crippen LogP contribution >= 0.6 is 0 Å². The molecule has 0 saturated heterocycles. The van der Waals surface area contributed by atoms with Crippen molar-refractivity contribution in [3.05, 3.63) is 53.9 Å². The van der Waals surface area contributed by atoms with E-state index in [2.05, 4.69) is 15.3 Å². The van der Waals surface area contributed by atoms with Crippen molar-refractivity contribution in [1.29, 1.82) is 0 Å². The molecule has 3 rings (SSSR count). The summed E-state index contributed by atoms with van der Waals surface area (Å²) in [5.74, 6) is -0.491. The SMILES string of the molecule is CC(C)c1cccc(-c2cnnc(OCCn3ccc(S(N)(=O)=O)n3)c2)c1CC(=O)O. The summed E-state index contributed by atoms with van der Waals surface area (Å²) in [6.07, 6.45) is 2.94. The Morgan fingerprint density at radius 2 is 2.06 bits per heavy atom. The zero-order valence-electron chi connectivity index (χ0n) is 17.1. The maximum Gasteiger partial charge on any atom is 0.307 e. The zero-order valence-corrected chi connectivity index (χ0v) is 17.9. The van der Waals surface area contributed by atoms with Crippen LogP contribution in [0.4, 0.5) is 0 Å². The van der Waals surface area contributed by atoms with Gasteiger partial charge in [0, 0.05) is 17.8 Å². The average Bonchev–Trinajstić information content (AvgIpc) is 3.17. The number of nitrogens with zero attached hydrogens (tertiary/aromatic N) is 4. The van der Waals surface area contributed by atoms with Gasteiger partial charge < -0.3 is 9.84 Å². The van der Waals surface area contributed by atoms with Gasteiger partial charge in [0.25, 0.3) is 10.0 Å². The molecule has 0 unspecified atom stereocenters. The predicted molar refractivity (Wildman–Crippen MR) is 112 cm³/mol. The van der Waals surface area contributed by atoms with Gasteiger partial charge in [-0.05, 0) is 28.7 Å².